The van der Waals surface area contributed by atoms with Gasteiger partial charge in [-0.05, 0) is 0 Å². The minimum atomic E-state index is 1.02. The number of rotatable bonds is 4. The van der Waals surface area contributed by atoms with Crippen molar-refractivity contribution in [3.8, 4) is 0 Å². The van der Waals surface area contributed by atoms with Crippen LogP contribution in [-0.2, 0) is 13.1 Å². The molecule has 3 heteroatoms. The van der Waals surface area contributed by atoms with Gasteiger partial charge in [0.15, 0.2) is 0 Å². The fourth-order valence-corrected chi connectivity index (χ4v) is 2.33. The molecule has 0 aliphatic rings. The second kappa shape index (κ2) is 5.86. The van der Waals surface area contributed by atoms with Crippen molar-refractivity contribution < 1.29 is 0 Å². The summed E-state index contributed by atoms with van der Waals surface area (Å²) in [5.74, 6) is 0. The second-order valence-electron chi connectivity index (χ2n) is 4.38. The van der Waals surface area contributed by atoms with Crippen LogP contribution in [-0.4, -0.2) is 60.3 Å². The molecule has 1 rings (SSSR count). The third kappa shape index (κ3) is 4.12. The Kier molecular flexibility index (Phi) is 5.08. The van der Waals surface area contributed by atoms with Gasteiger partial charge in [-0.25, -0.2) is 0 Å². The molecule has 0 aromatic heterocycles. The van der Waals surface area contributed by atoms with E-state index in [4.69, 9.17) is 0 Å². The first-order chi connectivity index (χ1) is 7.00. The summed E-state index contributed by atoms with van der Waals surface area (Å²) in [4.78, 5) is 4.42. The van der Waals surface area contributed by atoms with E-state index in [0.717, 1.165) is 13.1 Å². The van der Waals surface area contributed by atoms with E-state index in [1.165, 1.54) is 14.7 Å². The summed E-state index contributed by atoms with van der Waals surface area (Å²) in [7, 11) is 8.44. The van der Waals surface area contributed by atoms with Gasteiger partial charge in [-0.15, -0.1) is 0 Å². The number of benzene rings is 1. The first-order valence-corrected chi connectivity index (χ1v) is 6.24. The molecule has 0 saturated carbocycles. The average Bonchev–Trinajstić information content (AvgIpc) is 2.10. The van der Waals surface area contributed by atoms with Crippen molar-refractivity contribution in [2.24, 2.45) is 0 Å². The molecule has 2 radical (unpaired) electrons. The monoisotopic (exact) mass is 321 g/mol. The predicted octanol–water partition coefficient (Wildman–Crippen LogP) is 0.604. The van der Waals surface area contributed by atoms with E-state index in [1.54, 1.807) is 0 Å². The summed E-state index contributed by atoms with van der Waals surface area (Å²) in [6.07, 6.45) is 0. The maximum atomic E-state index is 2.22. The van der Waals surface area contributed by atoms with Crippen molar-refractivity contribution in [2.45, 2.75) is 13.1 Å². The summed E-state index contributed by atoms with van der Waals surface area (Å²) >= 11 is 2.14. The van der Waals surface area contributed by atoms with Crippen LogP contribution in [0, 0.1) is 0 Å². The summed E-state index contributed by atoms with van der Waals surface area (Å²) in [5, 5.41) is 0. The number of hydrogen-bond acceptors (Lipinski definition) is 2. The summed E-state index contributed by atoms with van der Waals surface area (Å²) in [5.41, 5.74) is 2.87. The molecule has 0 aliphatic carbocycles. The van der Waals surface area contributed by atoms with Crippen molar-refractivity contribution in [3.05, 3.63) is 29.3 Å². The second-order valence-corrected chi connectivity index (χ2v) is 5.55. The van der Waals surface area contributed by atoms with Crippen LogP contribution < -0.4 is 3.61 Å². The summed E-state index contributed by atoms with van der Waals surface area (Å²) < 4.78 is 1.44. The molecule has 0 N–H and O–H groups in total. The van der Waals surface area contributed by atoms with Gasteiger partial charge in [0.25, 0.3) is 0 Å². The van der Waals surface area contributed by atoms with Gasteiger partial charge in [-0.2, -0.15) is 0 Å². The molecule has 0 aliphatic heterocycles. The minimum absolute atomic E-state index is 1.02. The van der Waals surface area contributed by atoms with Crippen molar-refractivity contribution in [1.82, 2.24) is 9.80 Å². The van der Waals surface area contributed by atoms with Crippen LogP contribution in [0.5, 0.6) is 0 Å². The van der Waals surface area contributed by atoms with E-state index in [0.29, 0.717) is 0 Å². The van der Waals surface area contributed by atoms with Crippen molar-refractivity contribution in [2.75, 3.05) is 28.2 Å². The topological polar surface area (TPSA) is 6.48 Å². The van der Waals surface area contributed by atoms with Crippen LogP contribution >= 0.6 is 0 Å². The Hall–Kier alpha value is -0.0704. The van der Waals surface area contributed by atoms with Crippen molar-refractivity contribution in [1.29, 1.82) is 0 Å². The molecule has 0 atom stereocenters. The fraction of sp³-hybridized carbons (Fsp3) is 0.500. The zero-order chi connectivity index (χ0) is 11.4. The van der Waals surface area contributed by atoms with E-state index in [-0.39, 0.29) is 0 Å². The van der Waals surface area contributed by atoms with E-state index >= 15 is 0 Å². The summed E-state index contributed by atoms with van der Waals surface area (Å²) in [6, 6.07) is 6.60. The van der Waals surface area contributed by atoms with E-state index in [9.17, 15) is 0 Å². The molecular weight excluding hydrogens is 300 g/mol. The van der Waals surface area contributed by atoms with Crippen LogP contribution in [0.15, 0.2) is 18.2 Å². The number of nitrogens with zero attached hydrogens (tertiary/aromatic N) is 2. The van der Waals surface area contributed by atoms with Crippen LogP contribution in [0.3, 0.4) is 0 Å². The van der Waals surface area contributed by atoms with Gasteiger partial charge in [0.1, 0.15) is 0 Å². The molecule has 82 valence electrons. The SMILES string of the molecule is CN(C)Cc1cccc(CN(C)C)c1[Te+]. The van der Waals surface area contributed by atoms with Gasteiger partial charge in [0, 0.05) is 0 Å². The molecule has 15 heavy (non-hydrogen) atoms. The maximum absolute atomic E-state index is 2.22. The van der Waals surface area contributed by atoms with Gasteiger partial charge in [-0.3, -0.25) is 0 Å². The first kappa shape index (κ1) is 13.0. The van der Waals surface area contributed by atoms with Crippen molar-refractivity contribution >= 4 is 25.9 Å². The Bertz CT molecular complexity index is 293. The quantitative estimate of drug-likeness (QED) is 0.750. The molecule has 0 heterocycles. The van der Waals surface area contributed by atoms with Crippen LogP contribution in [0.4, 0.5) is 0 Å². The average molecular weight is 319 g/mol. The Balaban J connectivity index is 2.90. The predicted molar refractivity (Wildman–Crippen MR) is 66.6 cm³/mol. The third-order valence-corrected chi connectivity index (χ3v) is 3.65. The molecule has 0 amide bonds. The van der Waals surface area contributed by atoms with Gasteiger partial charge < -0.3 is 0 Å². The molecule has 1 aromatic rings. The summed E-state index contributed by atoms with van der Waals surface area (Å²) in [6.45, 7) is 2.05. The van der Waals surface area contributed by atoms with E-state index < -0.39 is 0 Å². The molecule has 0 bridgehead atoms. The van der Waals surface area contributed by atoms with Gasteiger partial charge in [-0.1, -0.05) is 0 Å². The van der Waals surface area contributed by atoms with Crippen LogP contribution in [0.25, 0.3) is 0 Å². The van der Waals surface area contributed by atoms with Crippen LogP contribution in [0.2, 0.25) is 0 Å². The molecule has 1 aromatic carbocycles. The van der Waals surface area contributed by atoms with Gasteiger partial charge in [0.05, 0.1) is 0 Å². The molecule has 0 saturated heterocycles. The van der Waals surface area contributed by atoms with Gasteiger partial charge >= 0.3 is 106 Å². The Morgan fingerprint density at radius 2 is 1.33 bits per heavy atom. The fourth-order valence-electron chi connectivity index (χ4n) is 1.57. The normalized spacial score (nSPS) is 11.3. The standard InChI is InChI=1S/C12H19N2Te/c1-13(2)8-10-6-5-7-11(12(10)15)9-14(3)4/h5-7H,8-9H2,1-4H3/q+1. The van der Waals surface area contributed by atoms with Crippen molar-refractivity contribution in [3.63, 3.8) is 0 Å². The third-order valence-electron chi connectivity index (χ3n) is 2.15. The van der Waals surface area contributed by atoms with Gasteiger partial charge in [0.2, 0.25) is 0 Å². The van der Waals surface area contributed by atoms with Crippen LogP contribution in [0.1, 0.15) is 11.1 Å². The Morgan fingerprint density at radius 1 is 0.933 bits per heavy atom. The molecule has 0 unspecified atom stereocenters. The zero-order valence-electron chi connectivity index (χ0n) is 9.95. The molecule has 0 fully saturated rings. The zero-order valence-corrected chi connectivity index (χ0v) is 12.3. The Morgan fingerprint density at radius 3 is 1.67 bits per heavy atom. The van der Waals surface area contributed by atoms with E-state index in [2.05, 4.69) is 78.5 Å². The molecule has 0 spiro atoms. The molecular formula is C12H19N2Te+. The molecule has 2 nitrogen and oxygen atoms in total. The van der Waals surface area contributed by atoms with E-state index in [1.807, 2.05) is 0 Å². The first-order valence-electron chi connectivity index (χ1n) is 5.08. The number of hydrogen-bond donors (Lipinski definition) is 0. The Labute approximate surface area is 106 Å².